The third-order valence-corrected chi connectivity index (χ3v) is 13.3. The van der Waals surface area contributed by atoms with Gasteiger partial charge in [-0.05, 0) is 65.7 Å². The van der Waals surface area contributed by atoms with Crippen molar-refractivity contribution in [2.75, 3.05) is 0 Å². The van der Waals surface area contributed by atoms with E-state index in [9.17, 15) is 0 Å². The smallest absolute Gasteiger partial charge is 0.166 e. The second-order valence-corrected chi connectivity index (χ2v) is 16.3. The molecule has 58 heavy (non-hydrogen) atoms. The van der Waals surface area contributed by atoms with E-state index in [2.05, 4.69) is 167 Å². The first-order chi connectivity index (χ1) is 28.8. The molecule has 0 aliphatic carbocycles. The zero-order chi connectivity index (χ0) is 37.6. The summed E-state index contributed by atoms with van der Waals surface area (Å²) in [4.78, 5) is 12.1. The molecule has 0 saturated carbocycles. The number of furan rings is 1. The maximum atomic E-state index is 6.28. The molecular weight excluding hydrogens is 729 g/mol. The SMILES string of the molecule is c1ccc2c(c1)-c1ccccc1-n1c3cc4c5ccccc5n(-c5nc6sc7ccccc7c6nc5-c5ccc6oc7ccccc7c6c5)c4cc3c3cccc-2c31. The fraction of sp³-hybridized carbons (Fsp3) is 0. The minimum Gasteiger partial charge on any atom is -0.456 e. The van der Waals surface area contributed by atoms with Gasteiger partial charge in [0.25, 0.3) is 0 Å². The lowest BCUT2D eigenvalue weighted by molar-refractivity contribution is 0.669. The normalized spacial score (nSPS) is 12.5. The predicted molar refractivity (Wildman–Crippen MR) is 241 cm³/mol. The van der Waals surface area contributed by atoms with E-state index >= 15 is 0 Å². The number of hydrogen-bond acceptors (Lipinski definition) is 4. The molecule has 0 amide bonds. The molecule has 13 aromatic rings. The number of fused-ring (bicyclic) bond motifs is 17. The maximum absolute atomic E-state index is 6.28. The van der Waals surface area contributed by atoms with Crippen LogP contribution >= 0.6 is 11.3 Å². The van der Waals surface area contributed by atoms with Gasteiger partial charge in [0.2, 0.25) is 0 Å². The van der Waals surface area contributed by atoms with E-state index in [1.807, 2.05) is 12.1 Å². The number of aromatic nitrogens is 4. The minimum absolute atomic E-state index is 0.807. The average Bonchev–Trinajstić information content (AvgIpc) is 4.00. The molecule has 0 unspecified atom stereocenters. The highest BCUT2D eigenvalue weighted by Gasteiger charge is 2.27. The van der Waals surface area contributed by atoms with Gasteiger partial charge in [-0.2, -0.15) is 0 Å². The number of benzene rings is 8. The topological polar surface area (TPSA) is 48.8 Å². The second kappa shape index (κ2) is 11.1. The predicted octanol–water partition coefficient (Wildman–Crippen LogP) is 14.3. The van der Waals surface area contributed by atoms with E-state index in [1.54, 1.807) is 11.3 Å². The van der Waals surface area contributed by atoms with Crippen molar-refractivity contribution in [1.29, 1.82) is 0 Å². The number of rotatable bonds is 2. The first-order valence-corrected chi connectivity index (χ1v) is 20.4. The van der Waals surface area contributed by atoms with Crippen LogP contribution in [0, 0.1) is 0 Å². The largest absolute Gasteiger partial charge is 0.456 e. The van der Waals surface area contributed by atoms with E-state index in [-0.39, 0.29) is 0 Å². The molecule has 0 saturated heterocycles. The van der Waals surface area contributed by atoms with Crippen LogP contribution in [0.4, 0.5) is 0 Å². The molecular formula is C52H28N4OS. The van der Waals surface area contributed by atoms with Crippen molar-refractivity contribution < 1.29 is 4.42 Å². The Bertz CT molecular complexity index is 3940. The van der Waals surface area contributed by atoms with Crippen LogP contribution in [0.2, 0.25) is 0 Å². The van der Waals surface area contributed by atoms with Gasteiger partial charge in [0.1, 0.15) is 27.2 Å². The third kappa shape index (κ3) is 3.94. The Balaban J connectivity index is 1.13. The standard InChI is InChI=1S/C52H28N4OS/c1-2-13-31-30(12-1)32-14-3-7-20-41(32)55-43-27-38-33-15-4-8-21-42(33)56(44(38)28-39(43)36-19-11-18-35(31)50(36)55)51-48(53-49-37-17-6-10-23-47(37)58-52(49)54-51)29-24-25-46-40(26-29)34-16-5-9-22-45(34)57-46/h1-28H. The maximum Gasteiger partial charge on any atom is 0.166 e. The van der Waals surface area contributed by atoms with Crippen LogP contribution in [0.1, 0.15) is 0 Å². The molecule has 0 radical (unpaired) electrons. The van der Waals surface area contributed by atoms with Crippen LogP contribution in [-0.4, -0.2) is 19.1 Å². The van der Waals surface area contributed by atoms with Gasteiger partial charge in [-0.15, -0.1) is 11.3 Å². The summed E-state index contributed by atoms with van der Waals surface area (Å²) in [6.07, 6.45) is 0. The first kappa shape index (κ1) is 30.7. The van der Waals surface area contributed by atoms with Crippen molar-refractivity contribution in [2.45, 2.75) is 0 Å². The Labute approximate surface area is 334 Å². The second-order valence-electron chi connectivity index (χ2n) is 15.3. The highest BCUT2D eigenvalue weighted by molar-refractivity contribution is 7.25. The van der Waals surface area contributed by atoms with E-state index in [1.165, 1.54) is 65.2 Å². The van der Waals surface area contributed by atoms with E-state index in [0.29, 0.717) is 0 Å². The van der Waals surface area contributed by atoms with E-state index in [0.717, 1.165) is 65.8 Å². The van der Waals surface area contributed by atoms with Crippen molar-refractivity contribution in [3.8, 4) is 45.0 Å². The molecule has 14 rings (SSSR count). The fourth-order valence-electron chi connectivity index (χ4n) is 9.81. The lowest BCUT2D eigenvalue weighted by Gasteiger charge is -2.14. The van der Waals surface area contributed by atoms with Crippen LogP contribution in [0.15, 0.2) is 174 Å². The Hall–Kier alpha value is -7.54. The molecule has 0 atom stereocenters. The monoisotopic (exact) mass is 756 g/mol. The van der Waals surface area contributed by atoms with E-state index in [4.69, 9.17) is 14.4 Å². The van der Waals surface area contributed by atoms with Gasteiger partial charge in [0.05, 0.1) is 27.8 Å². The summed E-state index contributed by atoms with van der Waals surface area (Å²) in [6, 6.07) is 61.2. The summed E-state index contributed by atoms with van der Waals surface area (Å²) < 4.78 is 12.3. The van der Waals surface area contributed by atoms with Crippen LogP contribution in [0.5, 0.6) is 0 Å². The molecule has 0 spiro atoms. The summed E-state index contributed by atoms with van der Waals surface area (Å²) in [5.74, 6) is 0.807. The molecule has 1 aliphatic rings. The molecule has 6 heterocycles. The number of para-hydroxylation sites is 4. The number of nitrogens with zero attached hydrogens (tertiary/aromatic N) is 4. The van der Waals surface area contributed by atoms with Crippen LogP contribution in [0.25, 0.3) is 131 Å². The summed E-state index contributed by atoms with van der Waals surface area (Å²) in [7, 11) is 0. The van der Waals surface area contributed by atoms with Crippen LogP contribution < -0.4 is 0 Å². The van der Waals surface area contributed by atoms with E-state index < -0.39 is 0 Å². The lowest BCUT2D eigenvalue weighted by atomic mass is 9.94. The van der Waals surface area contributed by atoms with Crippen molar-refractivity contribution in [1.82, 2.24) is 19.1 Å². The molecule has 0 bridgehead atoms. The van der Waals surface area contributed by atoms with Crippen molar-refractivity contribution in [3.63, 3.8) is 0 Å². The quantitative estimate of drug-likeness (QED) is 0.176. The zero-order valence-electron chi connectivity index (χ0n) is 30.8. The van der Waals surface area contributed by atoms with Gasteiger partial charge in [0.15, 0.2) is 5.82 Å². The van der Waals surface area contributed by atoms with Crippen molar-refractivity contribution >= 4 is 97.3 Å². The molecule has 268 valence electrons. The third-order valence-electron chi connectivity index (χ3n) is 12.3. The Kier molecular flexibility index (Phi) is 5.85. The molecule has 5 aromatic heterocycles. The van der Waals surface area contributed by atoms with Crippen LogP contribution in [-0.2, 0) is 0 Å². The molecule has 8 aromatic carbocycles. The Morgan fingerprint density at radius 1 is 0.431 bits per heavy atom. The van der Waals surface area contributed by atoms with Gasteiger partial charge in [-0.25, -0.2) is 9.97 Å². The highest BCUT2D eigenvalue weighted by Crippen LogP contribution is 2.48. The minimum atomic E-state index is 0.807. The first-order valence-electron chi connectivity index (χ1n) is 19.6. The summed E-state index contributed by atoms with van der Waals surface area (Å²) in [5.41, 5.74) is 15.2. The molecule has 0 fully saturated rings. The highest BCUT2D eigenvalue weighted by atomic mass is 32.1. The molecule has 0 N–H and O–H groups in total. The van der Waals surface area contributed by atoms with Gasteiger partial charge in [0, 0.05) is 59.1 Å². The zero-order valence-corrected chi connectivity index (χ0v) is 31.6. The average molecular weight is 757 g/mol. The summed E-state index contributed by atoms with van der Waals surface area (Å²) in [6.45, 7) is 0. The summed E-state index contributed by atoms with van der Waals surface area (Å²) >= 11 is 1.70. The van der Waals surface area contributed by atoms with Gasteiger partial charge in [-0.3, -0.25) is 4.57 Å². The number of thiophene rings is 1. The number of hydrogen-bond donors (Lipinski definition) is 0. The van der Waals surface area contributed by atoms with Gasteiger partial charge >= 0.3 is 0 Å². The summed E-state index contributed by atoms with van der Waals surface area (Å²) in [5, 5.41) is 8.03. The van der Waals surface area contributed by atoms with Crippen molar-refractivity contribution in [3.05, 3.63) is 170 Å². The van der Waals surface area contributed by atoms with Gasteiger partial charge in [-0.1, -0.05) is 115 Å². The molecule has 1 aliphatic heterocycles. The Morgan fingerprint density at radius 2 is 1.09 bits per heavy atom. The van der Waals surface area contributed by atoms with Crippen LogP contribution in [0.3, 0.4) is 0 Å². The molecule has 6 heteroatoms. The fourth-order valence-corrected chi connectivity index (χ4v) is 10.8. The van der Waals surface area contributed by atoms with Gasteiger partial charge < -0.3 is 8.98 Å². The lowest BCUT2D eigenvalue weighted by Crippen LogP contribution is -2.03. The Morgan fingerprint density at radius 3 is 1.98 bits per heavy atom. The molecule has 5 nitrogen and oxygen atoms in total. The van der Waals surface area contributed by atoms with Crippen molar-refractivity contribution in [2.24, 2.45) is 0 Å².